The van der Waals surface area contributed by atoms with Gasteiger partial charge in [-0.15, -0.1) is 0 Å². The van der Waals surface area contributed by atoms with E-state index in [1.54, 1.807) is 7.11 Å². The third-order valence-electron chi connectivity index (χ3n) is 3.63. The number of benzene rings is 1. The fourth-order valence-corrected chi connectivity index (χ4v) is 2.16. The van der Waals surface area contributed by atoms with Crippen LogP contribution >= 0.6 is 0 Å². The van der Waals surface area contributed by atoms with Crippen LogP contribution in [0.5, 0.6) is 5.75 Å². The van der Waals surface area contributed by atoms with Crippen LogP contribution in [0.15, 0.2) is 24.3 Å². The molecule has 1 aromatic rings. The van der Waals surface area contributed by atoms with Crippen LogP contribution in [-0.2, 0) is 4.74 Å². The number of ether oxygens (including phenoxy) is 2. The van der Waals surface area contributed by atoms with Crippen molar-refractivity contribution in [2.45, 2.75) is 31.9 Å². The monoisotopic (exact) mass is 279 g/mol. The van der Waals surface area contributed by atoms with Gasteiger partial charge in [0.1, 0.15) is 5.75 Å². The van der Waals surface area contributed by atoms with Crippen LogP contribution in [0.25, 0.3) is 0 Å². The van der Waals surface area contributed by atoms with E-state index in [0.717, 1.165) is 23.8 Å². The normalized spacial score (nSPS) is 17.8. The number of hydrogen-bond acceptors (Lipinski definition) is 4. The Bertz CT molecular complexity index is 406. The Morgan fingerprint density at radius 2 is 2.10 bits per heavy atom. The molecule has 0 radical (unpaired) electrons. The Morgan fingerprint density at radius 1 is 1.35 bits per heavy atom. The van der Waals surface area contributed by atoms with E-state index in [-0.39, 0.29) is 6.04 Å². The van der Waals surface area contributed by atoms with Gasteiger partial charge in [0.25, 0.3) is 0 Å². The second-order valence-corrected chi connectivity index (χ2v) is 5.51. The van der Waals surface area contributed by atoms with Gasteiger partial charge in [-0.05, 0) is 31.7 Å². The van der Waals surface area contributed by atoms with Gasteiger partial charge in [-0.25, -0.2) is 0 Å². The van der Waals surface area contributed by atoms with Crippen molar-refractivity contribution in [2.24, 2.45) is 5.92 Å². The topological polar surface area (TPSA) is 50.7 Å². The Kier molecular flexibility index (Phi) is 5.83. The molecule has 2 rings (SSSR count). The van der Waals surface area contributed by atoms with Gasteiger partial charge in [0, 0.05) is 24.8 Å². The maximum atomic E-state index is 9.89. The molecule has 1 aromatic carbocycles. The summed E-state index contributed by atoms with van der Waals surface area (Å²) in [6, 6.07) is 8.06. The standard InChI is InChI=1S/C16H25NO3/c1-12(15-5-3-4-6-16(15)19-2)17-9-14(18)11-20-10-13-7-8-13/h3-6,12-14,17-18H,7-11H2,1-2H3/t12-,14?/m1/s1. The summed E-state index contributed by atoms with van der Waals surface area (Å²) >= 11 is 0. The summed E-state index contributed by atoms with van der Waals surface area (Å²) in [5.74, 6) is 1.61. The second-order valence-electron chi connectivity index (χ2n) is 5.51. The first-order valence-electron chi connectivity index (χ1n) is 7.32. The Labute approximate surface area is 121 Å². The molecule has 2 N–H and O–H groups in total. The van der Waals surface area contributed by atoms with Gasteiger partial charge >= 0.3 is 0 Å². The first kappa shape index (κ1) is 15.3. The zero-order valence-electron chi connectivity index (χ0n) is 12.3. The largest absolute Gasteiger partial charge is 0.496 e. The molecule has 0 aliphatic heterocycles. The van der Waals surface area contributed by atoms with Crippen molar-refractivity contribution < 1.29 is 14.6 Å². The number of methoxy groups -OCH3 is 1. The molecule has 0 bridgehead atoms. The minimum absolute atomic E-state index is 0.129. The number of hydrogen-bond donors (Lipinski definition) is 2. The van der Waals surface area contributed by atoms with Crippen molar-refractivity contribution in [1.29, 1.82) is 0 Å². The minimum atomic E-state index is -0.467. The number of aliphatic hydroxyl groups excluding tert-OH is 1. The molecular weight excluding hydrogens is 254 g/mol. The maximum Gasteiger partial charge on any atom is 0.123 e. The Balaban J connectivity index is 1.71. The average Bonchev–Trinajstić information content (AvgIpc) is 3.29. The highest BCUT2D eigenvalue weighted by molar-refractivity contribution is 5.35. The summed E-state index contributed by atoms with van der Waals surface area (Å²) in [6.45, 7) is 3.78. The van der Waals surface area contributed by atoms with Crippen molar-refractivity contribution in [3.63, 3.8) is 0 Å². The van der Waals surface area contributed by atoms with E-state index in [1.165, 1.54) is 12.8 Å². The van der Waals surface area contributed by atoms with Crippen LogP contribution in [0.3, 0.4) is 0 Å². The van der Waals surface area contributed by atoms with Gasteiger partial charge in [-0.3, -0.25) is 0 Å². The van der Waals surface area contributed by atoms with Gasteiger partial charge in [0.05, 0.1) is 19.8 Å². The van der Waals surface area contributed by atoms with Gasteiger partial charge < -0.3 is 19.9 Å². The number of rotatable bonds is 9. The summed E-state index contributed by atoms with van der Waals surface area (Å²) in [4.78, 5) is 0. The van der Waals surface area contributed by atoms with E-state index >= 15 is 0 Å². The molecule has 4 heteroatoms. The van der Waals surface area contributed by atoms with E-state index < -0.39 is 6.10 Å². The molecule has 20 heavy (non-hydrogen) atoms. The van der Waals surface area contributed by atoms with Crippen LogP contribution in [-0.4, -0.2) is 38.1 Å². The van der Waals surface area contributed by atoms with Crippen molar-refractivity contribution in [1.82, 2.24) is 5.32 Å². The van der Waals surface area contributed by atoms with Crippen molar-refractivity contribution in [2.75, 3.05) is 26.9 Å². The summed E-state index contributed by atoms with van der Waals surface area (Å²) in [6.07, 6.45) is 2.09. The van der Waals surface area contributed by atoms with E-state index in [0.29, 0.717) is 13.2 Å². The van der Waals surface area contributed by atoms with Crippen molar-refractivity contribution >= 4 is 0 Å². The van der Waals surface area contributed by atoms with Crippen molar-refractivity contribution in [3.05, 3.63) is 29.8 Å². The van der Waals surface area contributed by atoms with Crippen molar-refractivity contribution in [3.8, 4) is 5.75 Å². The summed E-state index contributed by atoms with van der Waals surface area (Å²) in [7, 11) is 1.67. The number of para-hydroxylation sites is 1. The molecule has 0 saturated heterocycles. The van der Waals surface area contributed by atoms with E-state index in [4.69, 9.17) is 9.47 Å². The molecule has 2 atom stereocenters. The summed E-state index contributed by atoms with van der Waals surface area (Å²) < 4.78 is 10.8. The smallest absolute Gasteiger partial charge is 0.123 e. The zero-order valence-corrected chi connectivity index (χ0v) is 12.3. The van der Waals surface area contributed by atoms with Crippen LogP contribution in [0.2, 0.25) is 0 Å². The third-order valence-corrected chi connectivity index (χ3v) is 3.63. The van der Waals surface area contributed by atoms with Crippen LogP contribution in [0.1, 0.15) is 31.4 Å². The minimum Gasteiger partial charge on any atom is -0.496 e. The molecule has 1 fully saturated rings. The Hall–Kier alpha value is -1.10. The van der Waals surface area contributed by atoms with Gasteiger partial charge in [-0.1, -0.05) is 18.2 Å². The summed E-state index contributed by atoms with van der Waals surface area (Å²) in [5.41, 5.74) is 1.10. The maximum absolute atomic E-state index is 9.89. The average molecular weight is 279 g/mol. The molecule has 1 unspecified atom stereocenters. The molecular formula is C16H25NO3. The lowest BCUT2D eigenvalue weighted by molar-refractivity contribution is 0.0314. The number of nitrogens with one attached hydrogen (secondary N) is 1. The van der Waals surface area contributed by atoms with Crippen LogP contribution in [0.4, 0.5) is 0 Å². The lowest BCUT2D eigenvalue weighted by atomic mass is 10.1. The molecule has 112 valence electrons. The molecule has 0 amide bonds. The second kappa shape index (κ2) is 7.62. The fourth-order valence-electron chi connectivity index (χ4n) is 2.16. The highest BCUT2D eigenvalue weighted by Gasteiger charge is 2.21. The van der Waals surface area contributed by atoms with E-state index in [1.807, 2.05) is 24.3 Å². The summed E-state index contributed by atoms with van der Waals surface area (Å²) in [5, 5.41) is 13.2. The SMILES string of the molecule is COc1ccccc1[C@@H](C)NCC(O)COCC1CC1. The van der Waals surface area contributed by atoms with E-state index in [9.17, 15) is 5.11 Å². The van der Waals surface area contributed by atoms with Gasteiger partial charge in [0.2, 0.25) is 0 Å². The Morgan fingerprint density at radius 3 is 2.80 bits per heavy atom. The lowest BCUT2D eigenvalue weighted by Gasteiger charge is -2.19. The molecule has 0 heterocycles. The molecule has 1 saturated carbocycles. The predicted octanol–water partition coefficient (Wildman–Crippen LogP) is 2.13. The van der Waals surface area contributed by atoms with Gasteiger partial charge in [-0.2, -0.15) is 0 Å². The van der Waals surface area contributed by atoms with Gasteiger partial charge in [0.15, 0.2) is 0 Å². The fraction of sp³-hybridized carbons (Fsp3) is 0.625. The first-order chi connectivity index (χ1) is 9.70. The number of aliphatic hydroxyl groups is 1. The molecule has 1 aliphatic carbocycles. The van der Waals surface area contributed by atoms with Crippen LogP contribution in [0, 0.1) is 5.92 Å². The van der Waals surface area contributed by atoms with E-state index in [2.05, 4.69) is 12.2 Å². The zero-order chi connectivity index (χ0) is 14.4. The molecule has 0 aromatic heterocycles. The highest BCUT2D eigenvalue weighted by Crippen LogP contribution is 2.28. The molecule has 0 spiro atoms. The predicted molar refractivity (Wildman–Crippen MR) is 79.0 cm³/mol. The third kappa shape index (κ3) is 4.78. The molecule has 1 aliphatic rings. The van der Waals surface area contributed by atoms with Crippen LogP contribution < -0.4 is 10.1 Å². The first-order valence-corrected chi connectivity index (χ1v) is 7.32. The quantitative estimate of drug-likeness (QED) is 0.727. The molecule has 4 nitrogen and oxygen atoms in total. The highest BCUT2D eigenvalue weighted by atomic mass is 16.5. The lowest BCUT2D eigenvalue weighted by Crippen LogP contribution is -2.32.